The molecule has 20 heavy (non-hydrogen) atoms. The topological polar surface area (TPSA) is 67.1 Å². The van der Waals surface area contributed by atoms with E-state index in [2.05, 4.69) is 37.1 Å². The molecule has 0 fully saturated rings. The molecule has 0 aliphatic heterocycles. The molecule has 2 aromatic rings. The first-order valence-corrected chi connectivity index (χ1v) is 10.6. The molecule has 0 aliphatic carbocycles. The van der Waals surface area contributed by atoms with Gasteiger partial charge in [0.1, 0.15) is 5.82 Å². The molecular weight excluding hydrogens is 411 g/mol. The summed E-state index contributed by atoms with van der Waals surface area (Å²) < 4.78 is 1.81. The normalized spacial score (nSPS) is 10.9. The molecule has 2 rings (SSSR count). The van der Waals surface area contributed by atoms with Gasteiger partial charge in [-0.1, -0.05) is 13.8 Å². The molecule has 112 valence electrons. The second-order valence-electron chi connectivity index (χ2n) is 3.74. The molecule has 2 heterocycles. The lowest BCUT2D eigenvalue weighted by Gasteiger charge is -2.17. The van der Waals surface area contributed by atoms with Crippen molar-refractivity contribution in [1.29, 1.82) is 0 Å². The van der Waals surface area contributed by atoms with Gasteiger partial charge in [-0.3, -0.25) is 0 Å². The van der Waals surface area contributed by atoms with Gasteiger partial charge in [0.05, 0.1) is 24.1 Å². The SMILES string of the molecule is CC.Cc1nn(PI)c2nc(Cl)nc(N(C)CCO)c12. The third-order valence-electron chi connectivity index (χ3n) is 2.53. The molecule has 0 aromatic carbocycles. The van der Waals surface area contributed by atoms with E-state index in [0.717, 1.165) is 16.7 Å². The van der Waals surface area contributed by atoms with E-state index in [1.165, 1.54) is 0 Å². The second kappa shape index (κ2) is 8.26. The number of halogens is 2. The maximum absolute atomic E-state index is 9.02. The van der Waals surface area contributed by atoms with Crippen LogP contribution < -0.4 is 4.90 Å². The van der Waals surface area contributed by atoms with Gasteiger partial charge < -0.3 is 10.0 Å². The van der Waals surface area contributed by atoms with Crippen LogP contribution in [0.1, 0.15) is 19.5 Å². The first-order chi connectivity index (χ1) is 9.58. The van der Waals surface area contributed by atoms with Gasteiger partial charge in [-0.15, -0.1) is 0 Å². The van der Waals surface area contributed by atoms with Crippen LogP contribution in [0.5, 0.6) is 0 Å². The Bertz CT molecular complexity index is 579. The highest BCUT2D eigenvalue weighted by atomic mass is 127. The van der Waals surface area contributed by atoms with Crippen molar-refractivity contribution in [2.45, 2.75) is 20.8 Å². The number of rotatable bonds is 4. The van der Waals surface area contributed by atoms with Crippen molar-refractivity contribution in [2.24, 2.45) is 0 Å². The quantitative estimate of drug-likeness (QED) is 0.460. The molecule has 1 unspecified atom stereocenters. The molecule has 0 aliphatic rings. The molecule has 1 N–H and O–H groups in total. The number of hydrogen-bond donors (Lipinski definition) is 1. The second-order valence-corrected chi connectivity index (χ2v) is 6.12. The van der Waals surface area contributed by atoms with Crippen LogP contribution >= 0.6 is 40.0 Å². The summed E-state index contributed by atoms with van der Waals surface area (Å²) in [5.41, 5.74) is 1.60. The van der Waals surface area contributed by atoms with Crippen molar-refractivity contribution in [1.82, 2.24) is 19.5 Å². The molecular formula is C11H18ClIN5OP. The molecule has 9 heteroatoms. The van der Waals surface area contributed by atoms with Gasteiger partial charge in [-0.05, 0) is 40.6 Å². The Balaban J connectivity index is 0.000000956. The van der Waals surface area contributed by atoms with Gasteiger partial charge in [0.2, 0.25) is 5.28 Å². The average molecular weight is 430 g/mol. The number of fused-ring (bicyclic) bond motifs is 1. The number of hydrogen-bond acceptors (Lipinski definition) is 5. The molecule has 0 amide bonds. The van der Waals surface area contributed by atoms with Crippen molar-refractivity contribution in [3.05, 3.63) is 11.0 Å². The summed E-state index contributed by atoms with van der Waals surface area (Å²) >= 11 is 8.20. The predicted octanol–water partition coefficient (Wildman–Crippen LogP) is 3.03. The van der Waals surface area contributed by atoms with Gasteiger partial charge in [0.25, 0.3) is 0 Å². The van der Waals surface area contributed by atoms with Crippen molar-refractivity contribution in [3.8, 4) is 0 Å². The lowest BCUT2D eigenvalue weighted by molar-refractivity contribution is 0.304. The number of aromatic nitrogens is 4. The van der Waals surface area contributed by atoms with E-state index in [-0.39, 0.29) is 11.9 Å². The zero-order valence-corrected chi connectivity index (χ0v) is 15.8. The van der Waals surface area contributed by atoms with Crippen LogP contribution in [0.3, 0.4) is 0 Å². The van der Waals surface area contributed by atoms with Crippen molar-refractivity contribution in [3.63, 3.8) is 0 Å². The van der Waals surface area contributed by atoms with Crippen molar-refractivity contribution >= 4 is 56.9 Å². The fourth-order valence-electron chi connectivity index (χ4n) is 1.73. The summed E-state index contributed by atoms with van der Waals surface area (Å²) in [6.45, 7) is 6.46. The van der Waals surface area contributed by atoms with Gasteiger partial charge >= 0.3 is 0 Å². The first-order valence-electron chi connectivity index (χ1n) is 6.20. The highest BCUT2D eigenvalue weighted by Crippen LogP contribution is 2.33. The van der Waals surface area contributed by atoms with Crippen LogP contribution in [0.4, 0.5) is 5.82 Å². The highest BCUT2D eigenvalue weighted by molar-refractivity contribution is 14.2. The summed E-state index contributed by atoms with van der Waals surface area (Å²) in [5, 5.41) is 14.5. The van der Waals surface area contributed by atoms with Gasteiger partial charge in [0, 0.05) is 13.6 Å². The van der Waals surface area contributed by atoms with Crippen LogP contribution in [0.15, 0.2) is 0 Å². The smallest absolute Gasteiger partial charge is 0.226 e. The van der Waals surface area contributed by atoms with E-state index in [9.17, 15) is 0 Å². The molecule has 0 saturated heterocycles. The Morgan fingerprint density at radius 3 is 2.60 bits per heavy atom. The Kier molecular flexibility index (Phi) is 7.36. The van der Waals surface area contributed by atoms with Crippen LogP contribution in [0.25, 0.3) is 11.0 Å². The lowest BCUT2D eigenvalue weighted by Crippen LogP contribution is -2.22. The summed E-state index contributed by atoms with van der Waals surface area (Å²) in [6, 6.07) is 0. The van der Waals surface area contributed by atoms with E-state index in [1.54, 1.807) is 0 Å². The Hall–Kier alpha value is -0.240. The summed E-state index contributed by atoms with van der Waals surface area (Å²) in [4.78, 5) is 10.3. The Morgan fingerprint density at radius 2 is 2.05 bits per heavy atom. The van der Waals surface area contributed by atoms with Crippen LogP contribution in [-0.4, -0.2) is 44.8 Å². The molecule has 0 radical (unpaired) electrons. The standard InChI is InChI=1S/C9H12ClIN5OP.C2H6/c1-5-6-7(15(2)3-4-17)12-9(10)13-8(6)16(14-5)18-11;1-2/h17-18H,3-4H2,1-2H3;1-2H3. The largest absolute Gasteiger partial charge is 0.395 e. The maximum atomic E-state index is 9.02. The van der Waals surface area contributed by atoms with Gasteiger partial charge in [0.15, 0.2) is 5.65 Å². The number of aliphatic hydroxyl groups excluding tert-OH is 1. The zero-order valence-electron chi connectivity index (χ0n) is 11.9. The summed E-state index contributed by atoms with van der Waals surface area (Å²) in [5.74, 6) is 0.706. The minimum Gasteiger partial charge on any atom is -0.395 e. The minimum atomic E-state index is 0.0564. The molecule has 2 aromatic heterocycles. The number of aryl methyl sites for hydroxylation is 1. The first kappa shape index (κ1) is 17.8. The van der Waals surface area contributed by atoms with Gasteiger partial charge in [-0.25, -0.2) is 4.45 Å². The van der Waals surface area contributed by atoms with E-state index in [4.69, 9.17) is 16.7 Å². The van der Waals surface area contributed by atoms with E-state index >= 15 is 0 Å². The molecule has 6 nitrogen and oxygen atoms in total. The van der Waals surface area contributed by atoms with E-state index in [1.807, 2.05) is 37.2 Å². The molecule has 0 spiro atoms. The number of anilines is 1. The summed E-state index contributed by atoms with van der Waals surface area (Å²) in [7, 11) is 1.86. The van der Waals surface area contributed by atoms with Crippen molar-refractivity contribution < 1.29 is 5.11 Å². The third-order valence-corrected chi connectivity index (χ3v) is 4.54. The Morgan fingerprint density at radius 1 is 1.40 bits per heavy atom. The Labute approximate surface area is 138 Å². The molecule has 1 atom stereocenters. The van der Waals surface area contributed by atoms with Crippen LogP contribution in [0, 0.1) is 6.92 Å². The highest BCUT2D eigenvalue weighted by Gasteiger charge is 2.17. The zero-order chi connectivity index (χ0) is 15.3. The van der Waals surface area contributed by atoms with Crippen LogP contribution in [-0.2, 0) is 0 Å². The van der Waals surface area contributed by atoms with Gasteiger partial charge in [-0.2, -0.15) is 15.1 Å². The predicted molar refractivity (Wildman–Crippen MR) is 94.5 cm³/mol. The fraction of sp³-hybridized carbons (Fsp3) is 0.545. The average Bonchev–Trinajstić information content (AvgIpc) is 2.77. The third kappa shape index (κ3) is 3.69. The fourth-order valence-corrected chi connectivity index (χ4v) is 3.33. The van der Waals surface area contributed by atoms with E-state index in [0.29, 0.717) is 18.7 Å². The number of likely N-dealkylation sites (N-methyl/N-ethyl adjacent to an activating group) is 1. The molecule has 0 saturated carbocycles. The number of nitrogens with zero attached hydrogens (tertiary/aromatic N) is 5. The minimum absolute atomic E-state index is 0.0564. The monoisotopic (exact) mass is 429 g/mol. The number of aliphatic hydroxyl groups is 1. The van der Waals surface area contributed by atoms with Crippen molar-refractivity contribution in [2.75, 3.05) is 25.1 Å². The lowest BCUT2D eigenvalue weighted by atomic mass is 10.3. The van der Waals surface area contributed by atoms with Crippen LogP contribution in [0.2, 0.25) is 5.28 Å². The van der Waals surface area contributed by atoms with E-state index < -0.39 is 0 Å². The maximum Gasteiger partial charge on any atom is 0.226 e. The molecule has 0 bridgehead atoms. The summed E-state index contributed by atoms with van der Waals surface area (Å²) in [6.07, 6.45) is 0.451.